The molecule has 0 aliphatic carbocycles. The molecule has 0 bridgehead atoms. The van der Waals surface area contributed by atoms with Gasteiger partial charge in [0.2, 0.25) is 0 Å². The van der Waals surface area contributed by atoms with Gasteiger partial charge in [-0.15, -0.1) is 0 Å². The molecule has 6 nitrogen and oxygen atoms in total. The van der Waals surface area contributed by atoms with Crippen molar-refractivity contribution in [1.29, 1.82) is 0 Å². The van der Waals surface area contributed by atoms with Crippen LogP contribution >= 0.6 is 0 Å². The van der Waals surface area contributed by atoms with Crippen LogP contribution in [0.15, 0.2) is 0 Å². The maximum Gasteiger partial charge on any atom is 0.322 e. The van der Waals surface area contributed by atoms with Crippen molar-refractivity contribution in [2.45, 2.75) is 12.5 Å². The Morgan fingerprint density at radius 2 is 2.00 bits per heavy atom. The number of carboxylic acid groups (broad SMARTS) is 2. The maximum atomic E-state index is 10.1. The van der Waals surface area contributed by atoms with Crippen molar-refractivity contribution in [2.24, 2.45) is 5.73 Å². The highest BCUT2D eigenvalue weighted by molar-refractivity contribution is 5.73. The van der Waals surface area contributed by atoms with E-state index in [1.54, 1.807) is 0 Å². The van der Waals surface area contributed by atoms with Gasteiger partial charge in [-0.3, -0.25) is 9.59 Å². The van der Waals surface area contributed by atoms with Crippen LogP contribution in [-0.4, -0.2) is 41.4 Å². The lowest BCUT2D eigenvalue weighted by molar-refractivity contribution is -0.140. The van der Waals surface area contributed by atoms with Crippen molar-refractivity contribution in [3.05, 3.63) is 0 Å². The van der Waals surface area contributed by atoms with Crippen molar-refractivity contribution in [2.75, 3.05) is 13.2 Å². The zero-order valence-corrected chi connectivity index (χ0v) is 6.40. The second-order valence-electron chi connectivity index (χ2n) is 2.16. The molecule has 0 unspecified atom stereocenters. The molecule has 0 amide bonds. The molecule has 1 atom stereocenters. The average molecular weight is 177 g/mol. The quantitative estimate of drug-likeness (QED) is 0.444. The molecule has 0 aromatic rings. The van der Waals surface area contributed by atoms with E-state index in [-0.39, 0.29) is 19.6 Å². The maximum absolute atomic E-state index is 10.1. The summed E-state index contributed by atoms with van der Waals surface area (Å²) in [5.74, 6) is -2.15. The summed E-state index contributed by atoms with van der Waals surface area (Å²) in [6.07, 6.45) is -0.146. The first-order chi connectivity index (χ1) is 5.54. The molecule has 0 fully saturated rings. The summed E-state index contributed by atoms with van der Waals surface area (Å²) in [7, 11) is 0. The van der Waals surface area contributed by atoms with Crippen LogP contribution in [0.5, 0.6) is 0 Å². The molecular weight excluding hydrogens is 166 g/mol. The summed E-state index contributed by atoms with van der Waals surface area (Å²) >= 11 is 0. The van der Waals surface area contributed by atoms with E-state index in [4.69, 9.17) is 15.9 Å². The van der Waals surface area contributed by atoms with Gasteiger partial charge >= 0.3 is 11.9 Å². The zero-order valence-electron chi connectivity index (χ0n) is 6.40. The van der Waals surface area contributed by atoms with Crippen LogP contribution in [0.1, 0.15) is 6.42 Å². The Hall–Kier alpha value is -1.14. The van der Waals surface area contributed by atoms with E-state index in [1.807, 2.05) is 0 Å². The summed E-state index contributed by atoms with van der Waals surface area (Å²) in [6.45, 7) is -0.182. The van der Waals surface area contributed by atoms with E-state index >= 15 is 0 Å². The first kappa shape index (κ1) is 10.9. The fraction of sp³-hybridized carbons (Fsp3) is 0.667. The molecule has 4 N–H and O–H groups in total. The largest absolute Gasteiger partial charge is 0.481 e. The molecule has 0 aliphatic rings. The van der Waals surface area contributed by atoms with Gasteiger partial charge in [0, 0.05) is 0 Å². The van der Waals surface area contributed by atoms with Gasteiger partial charge in [-0.1, -0.05) is 0 Å². The first-order valence-corrected chi connectivity index (χ1v) is 3.32. The van der Waals surface area contributed by atoms with Gasteiger partial charge in [0.15, 0.2) is 0 Å². The molecule has 0 saturated carbocycles. The Morgan fingerprint density at radius 3 is 2.42 bits per heavy atom. The van der Waals surface area contributed by atoms with Gasteiger partial charge in [0.25, 0.3) is 0 Å². The highest BCUT2D eigenvalue weighted by Crippen LogP contribution is 1.85. The number of hydrogen-bond donors (Lipinski definition) is 3. The molecule has 12 heavy (non-hydrogen) atoms. The average Bonchev–Trinajstić information content (AvgIpc) is 1.97. The predicted molar refractivity (Wildman–Crippen MR) is 38.7 cm³/mol. The third-order valence-corrected chi connectivity index (χ3v) is 1.07. The molecule has 0 spiro atoms. The molecule has 0 heterocycles. The molecule has 0 radical (unpaired) electrons. The normalized spacial score (nSPS) is 12.4. The fourth-order valence-electron chi connectivity index (χ4n) is 0.441. The number of ether oxygens (including phenoxy) is 1. The van der Waals surface area contributed by atoms with Crippen LogP contribution in [0.2, 0.25) is 0 Å². The minimum Gasteiger partial charge on any atom is -0.481 e. The standard InChI is InChI=1S/C6H11NO5/c7-4(6(10)11)3-12-2-1-5(8)9/h4H,1-3,7H2,(H,8,9)(H,10,11)/t4-/m0/s1. The fourth-order valence-corrected chi connectivity index (χ4v) is 0.441. The van der Waals surface area contributed by atoms with Crippen LogP contribution in [0.4, 0.5) is 0 Å². The van der Waals surface area contributed by atoms with E-state index in [9.17, 15) is 9.59 Å². The highest BCUT2D eigenvalue weighted by Gasteiger charge is 2.10. The number of rotatable bonds is 6. The topological polar surface area (TPSA) is 110 Å². The Labute approximate surface area is 68.9 Å². The van der Waals surface area contributed by atoms with Crippen molar-refractivity contribution in [1.82, 2.24) is 0 Å². The van der Waals surface area contributed by atoms with Gasteiger partial charge in [0.05, 0.1) is 19.6 Å². The number of carboxylic acids is 2. The summed E-state index contributed by atoms with van der Waals surface area (Å²) < 4.78 is 4.68. The lowest BCUT2D eigenvalue weighted by Crippen LogP contribution is -2.35. The van der Waals surface area contributed by atoms with Crippen molar-refractivity contribution in [3.8, 4) is 0 Å². The van der Waals surface area contributed by atoms with Crippen LogP contribution < -0.4 is 5.73 Å². The molecule has 6 heteroatoms. The molecule has 0 aromatic carbocycles. The Morgan fingerprint density at radius 1 is 1.42 bits per heavy atom. The van der Waals surface area contributed by atoms with Gasteiger partial charge in [-0.05, 0) is 0 Å². The van der Waals surface area contributed by atoms with Gasteiger partial charge in [-0.2, -0.15) is 0 Å². The third kappa shape index (κ3) is 5.63. The second kappa shape index (κ2) is 5.50. The zero-order chi connectivity index (χ0) is 9.56. The molecule has 70 valence electrons. The third-order valence-electron chi connectivity index (χ3n) is 1.07. The van der Waals surface area contributed by atoms with Crippen molar-refractivity contribution < 1.29 is 24.5 Å². The smallest absolute Gasteiger partial charge is 0.322 e. The van der Waals surface area contributed by atoms with Crippen molar-refractivity contribution >= 4 is 11.9 Å². The van der Waals surface area contributed by atoms with Crippen LogP contribution in [0.25, 0.3) is 0 Å². The van der Waals surface area contributed by atoms with E-state index in [0.717, 1.165) is 0 Å². The van der Waals surface area contributed by atoms with Crippen LogP contribution in [0, 0.1) is 0 Å². The Kier molecular flexibility index (Phi) is 4.98. The van der Waals surface area contributed by atoms with Gasteiger partial charge in [0.1, 0.15) is 6.04 Å². The van der Waals surface area contributed by atoms with E-state index < -0.39 is 18.0 Å². The molecular formula is C6H11NO5. The summed E-state index contributed by atoms with van der Waals surface area (Å²) in [5.41, 5.74) is 5.06. The number of carbonyl (C=O) groups is 2. The lowest BCUT2D eigenvalue weighted by atomic mass is 10.3. The van der Waals surface area contributed by atoms with E-state index in [1.165, 1.54) is 0 Å². The molecule has 0 aliphatic heterocycles. The number of hydrogen-bond acceptors (Lipinski definition) is 4. The van der Waals surface area contributed by atoms with Gasteiger partial charge < -0.3 is 20.7 Å². The molecule has 0 saturated heterocycles. The number of nitrogens with two attached hydrogens (primary N) is 1. The summed E-state index contributed by atoms with van der Waals surface area (Å²) in [4.78, 5) is 20.1. The highest BCUT2D eigenvalue weighted by atomic mass is 16.5. The molecule has 0 aromatic heterocycles. The Balaban J connectivity index is 3.31. The summed E-state index contributed by atoms with van der Waals surface area (Å²) in [6, 6.07) is -1.08. The minimum absolute atomic E-state index is 0.0175. The minimum atomic E-state index is -1.16. The monoisotopic (exact) mass is 177 g/mol. The Bertz CT molecular complexity index is 169. The SMILES string of the molecule is N[C@@H](COCCC(=O)O)C(=O)O. The predicted octanol–water partition coefficient (Wildman–Crippen LogP) is -1.11. The summed E-state index contributed by atoms with van der Waals surface area (Å²) in [5, 5.41) is 16.4. The molecule has 0 rings (SSSR count). The van der Waals surface area contributed by atoms with Gasteiger partial charge in [-0.25, -0.2) is 0 Å². The van der Waals surface area contributed by atoms with Crippen molar-refractivity contribution in [3.63, 3.8) is 0 Å². The van der Waals surface area contributed by atoms with Crippen LogP contribution in [0.3, 0.4) is 0 Å². The number of aliphatic carboxylic acids is 2. The van der Waals surface area contributed by atoms with Crippen LogP contribution in [-0.2, 0) is 14.3 Å². The van der Waals surface area contributed by atoms with E-state index in [2.05, 4.69) is 4.74 Å². The first-order valence-electron chi connectivity index (χ1n) is 3.32. The second-order valence-corrected chi connectivity index (χ2v) is 2.16. The lowest BCUT2D eigenvalue weighted by Gasteiger charge is -2.05. The van der Waals surface area contributed by atoms with E-state index in [0.29, 0.717) is 0 Å².